The van der Waals surface area contributed by atoms with Gasteiger partial charge in [-0.05, 0) is 13.8 Å². The number of hydrogen-bond donors (Lipinski definition) is 1. The first kappa shape index (κ1) is 15.8. The number of aryl methyl sites for hydroxylation is 1. The van der Waals surface area contributed by atoms with Gasteiger partial charge in [-0.2, -0.15) is 0 Å². The average Bonchev–Trinajstić information content (AvgIpc) is 2.92. The molecule has 0 spiro atoms. The summed E-state index contributed by atoms with van der Waals surface area (Å²) in [5.74, 6) is 1.14. The Labute approximate surface area is 127 Å². The van der Waals surface area contributed by atoms with Crippen molar-refractivity contribution in [2.75, 3.05) is 32.7 Å². The molecule has 6 heteroatoms. The predicted molar refractivity (Wildman–Crippen MR) is 83.3 cm³/mol. The molecule has 0 atom stereocenters. The Balaban J connectivity index is 1.73. The fourth-order valence-electron chi connectivity index (χ4n) is 2.62. The van der Waals surface area contributed by atoms with E-state index < -0.39 is 0 Å². The van der Waals surface area contributed by atoms with E-state index in [9.17, 15) is 4.79 Å². The van der Waals surface area contributed by atoms with Crippen molar-refractivity contribution in [3.8, 4) is 0 Å². The summed E-state index contributed by atoms with van der Waals surface area (Å²) < 4.78 is 2.22. The Morgan fingerprint density at radius 3 is 2.62 bits per heavy atom. The van der Waals surface area contributed by atoms with E-state index in [1.165, 1.54) is 0 Å². The van der Waals surface area contributed by atoms with Crippen LogP contribution in [-0.2, 0) is 13.0 Å². The van der Waals surface area contributed by atoms with Crippen LogP contribution in [0, 0.1) is 0 Å². The Kier molecular flexibility index (Phi) is 5.61. The monoisotopic (exact) mass is 293 g/mol. The maximum atomic E-state index is 11.9. The number of nitrogens with zero attached hydrogens (tertiary/aromatic N) is 4. The van der Waals surface area contributed by atoms with Crippen LogP contribution in [0.2, 0.25) is 0 Å². The molecule has 0 bridgehead atoms. The second kappa shape index (κ2) is 7.45. The van der Waals surface area contributed by atoms with Crippen LogP contribution in [0.3, 0.4) is 0 Å². The summed E-state index contributed by atoms with van der Waals surface area (Å²) >= 11 is 0. The third-order valence-corrected chi connectivity index (χ3v) is 3.85. The van der Waals surface area contributed by atoms with E-state index in [2.05, 4.69) is 26.7 Å². The van der Waals surface area contributed by atoms with Gasteiger partial charge >= 0.3 is 6.03 Å². The SMILES string of the molecule is CCc1nccn1CCN1CCN(C(=O)NC(C)C)CC1. The quantitative estimate of drug-likeness (QED) is 0.887. The normalized spacial score (nSPS) is 16.5. The molecule has 2 rings (SSSR count). The molecule has 6 nitrogen and oxygen atoms in total. The van der Waals surface area contributed by atoms with Crippen molar-refractivity contribution < 1.29 is 4.79 Å². The zero-order valence-electron chi connectivity index (χ0n) is 13.4. The van der Waals surface area contributed by atoms with Crippen molar-refractivity contribution in [2.24, 2.45) is 0 Å². The summed E-state index contributed by atoms with van der Waals surface area (Å²) in [7, 11) is 0. The lowest BCUT2D eigenvalue weighted by molar-refractivity contribution is 0.135. The molecule has 0 unspecified atom stereocenters. The second-order valence-electron chi connectivity index (χ2n) is 5.82. The van der Waals surface area contributed by atoms with Crippen LogP contribution in [0.1, 0.15) is 26.6 Å². The van der Waals surface area contributed by atoms with Gasteiger partial charge in [-0.3, -0.25) is 4.90 Å². The Hall–Kier alpha value is -1.56. The molecule has 2 heterocycles. The minimum atomic E-state index is 0.0625. The summed E-state index contributed by atoms with van der Waals surface area (Å²) in [6.45, 7) is 11.6. The lowest BCUT2D eigenvalue weighted by Crippen LogP contribution is -2.53. The largest absolute Gasteiger partial charge is 0.336 e. The maximum Gasteiger partial charge on any atom is 0.317 e. The van der Waals surface area contributed by atoms with E-state index in [1.807, 2.05) is 31.1 Å². The van der Waals surface area contributed by atoms with Gasteiger partial charge in [0.2, 0.25) is 0 Å². The van der Waals surface area contributed by atoms with Gasteiger partial charge in [-0.1, -0.05) is 6.92 Å². The van der Waals surface area contributed by atoms with Gasteiger partial charge in [-0.15, -0.1) is 0 Å². The van der Waals surface area contributed by atoms with E-state index in [-0.39, 0.29) is 12.1 Å². The molecule has 0 radical (unpaired) electrons. The van der Waals surface area contributed by atoms with Crippen molar-refractivity contribution in [3.05, 3.63) is 18.2 Å². The molecule has 1 aliphatic rings. The number of imidazole rings is 1. The van der Waals surface area contributed by atoms with Gasteiger partial charge in [0.1, 0.15) is 5.82 Å². The molecule has 1 aliphatic heterocycles. The van der Waals surface area contributed by atoms with Gasteiger partial charge in [-0.25, -0.2) is 9.78 Å². The highest BCUT2D eigenvalue weighted by molar-refractivity contribution is 5.74. The zero-order valence-corrected chi connectivity index (χ0v) is 13.4. The van der Waals surface area contributed by atoms with Crippen LogP contribution in [0.15, 0.2) is 12.4 Å². The van der Waals surface area contributed by atoms with E-state index in [4.69, 9.17) is 0 Å². The van der Waals surface area contributed by atoms with Gasteiger partial charge in [0.25, 0.3) is 0 Å². The number of nitrogens with one attached hydrogen (secondary N) is 1. The Bertz CT molecular complexity index is 449. The van der Waals surface area contributed by atoms with Gasteiger partial charge in [0.05, 0.1) is 0 Å². The number of rotatable bonds is 5. The highest BCUT2D eigenvalue weighted by Gasteiger charge is 2.21. The number of hydrogen-bond acceptors (Lipinski definition) is 3. The van der Waals surface area contributed by atoms with Crippen LogP contribution in [0.4, 0.5) is 4.79 Å². The number of urea groups is 1. The Morgan fingerprint density at radius 1 is 1.29 bits per heavy atom. The fraction of sp³-hybridized carbons (Fsp3) is 0.733. The van der Waals surface area contributed by atoms with Crippen molar-refractivity contribution in [2.45, 2.75) is 39.8 Å². The lowest BCUT2D eigenvalue weighted by Gasteiger charge is -2.35. The zero-order chi connectivity index (χ0) is 15.2. The molecule has 1 aromatic rings. The number of aromatic nitrogens is 2. The standard InChI is InChI=1S/C15H27N5O/c1-4-14-16-5-6-19(14)10-7-18-8-11-20(12-9-18)15(21)17-13(2)3/h5-6,13H,4,7-12H2,1-3H3,(H,17,21). The molecule has 1 aromatic heterocycles. The van der Waals surface area contributed by atoms with Crippen molar-refractivity contribution in [1.29, 1.82) is 0 Å². The minimum Gasteiger partial charge on any atom is -0.336 e. The molecule has 0 saturated carbocycles. The number of carbonyl (C=O) groups is 1. The van der Waals surface area contributed by atoms with Crippen LogP contribution in [0.5, 0.6) is 0 Å². The highest BCUT2D eigenvalue weighted by Crippen LogP contribution is 2.04. The maximum absolute atomic E-state index is 11.9. The van der Waals surface area contributed by atoms with Crippen LogP contribution >= 0.6 is 0 Å². The van der Waals surface area contributed by atoms with Crippen molar-refractivity contribution in [3.63, 3.8) is 0 Å². The first-order valence-electron chi connectivity index (χ1n) is 7.88. The fourth-order valence-corrected chi connectivity index (χ4v) is 2.62. The van der Waals surface area contributed by atoms with Crippen LogP contribution < -0.4 is 5.32 Å². The molecule has 0 aliphatic carbocycles. The summed E-state index contributed by atoms with van der Waals surface area (Å²) in [5, 5.41) is 2.95. The Morgan fingerprint density at radius 2 is 2.00 bits per heavy atom. The molecule has 21 heavy (non-hydrogen) atoms. The third kappa shape index (κ3) is 4.46. The smallest absolute Gasteiger partial charge is 0.317 e. The minimum absolute atomic E-state index is 0.0625. The third-order valence-electron chi connectivity index (χ3n) is 3.85. The molecular weight excluding hydrogens is 266 g/mol. The summed E-state index contributed by atoms with van der Waals surface area (Å²) in [6.07, 6.45) is 4.88. The van der Waals surface area contributed by atoms with Gasteiger partial charge < -0.3 is 14.8 Å². The molecular formula is C15H27N5O. The molecule has 0 aromatic carbocycles. The van der Waals surface area contributed by atoms with E-state index in [1.54, 1.807) is 0 Å². The van der Waals surface area contributed by atoms with Gasteiger partial charge in [0, 0.05) is 64.1 Å². The second-order valence-corrected chi connectivity index (χ2v) is 5.82. The van der Waals surface area contributed by atoms with E-state index in [0.29, 0.717) is 0 Å². The first-order chi connectivity index (χ1) is 10.1. The summed E-state index contributed by atoms with van der Waals surface area (Å²) in [6, 6.07) is 0.261. The molecule has 2 amide bonds. The lowest BCUT2D eigenvalue weighted by atomic mass is 10.3. The summed E-state index contributed by atoms with van der Waals surface area (Å²) in [5.41, 5.74) is 0. The topological polar surface area (TPSA) is 53.4 Å². The van der Waals surface area contributed by atoms with Crippen molar-refractivity contribution in [1.82, 2.24) is 24.7 Å². The molecule has 1 fully saturated rings. The van der Waals surface area contributed by atoms with Crippen LogP contribution in [0.25, 0.3) is 0 Å². The number of piperazine rings is 1. The van der Waals surface area contributed by atoms with Crippen LogP contribution in [-0.4, -0.2) is 64.1 Å². The summed E-state index contributed by atoms with van der Waals surface area (Å²) in [4.78, 5) is 20.6. The molecule has 118 valence electrons. The van der Waals surface area contributed by atoms with Gasteiger partial charge in [0.15, 0.2) is 0 Å². The van der Waals surface area contributed by atoms with Crippen molar-refractivity contribution >= 4 is 6.03 Å². The number of carbonyl (C=O) groups excluding carboxylic acids is 1. The number of amides is 2. The van der Waals surface area contributed by atoms with E-state index in [0.717, 1.165) is 51.5 Å². The average molecular weight is 293 g/mol. The molecule has 1 saturated heterocycles. The predicted octanol–water partition coefficient (Wildman–Crippen LogP) is 1.18. The van der Waals surface area contributed by atoms with E-state index >= 15 is 0 Å². The highest BCUT2D eigenvalue weighted by atomic mass is 16.2. The molecule has 1 N–H and O–H groups in total. The first-order valence-corrected chi connectivity index (χ1v) is 7.88.